The number of carbonyl (C=O) groups is 1. The Hall–Kier alpha value is -0.290. The van der Waals surface area contributed by atoms with Crippen LogP contribution in [0.25, 0.3) is 0 Å². The SMILES string of the molecule is CCN(CC)C(=S)SC(C)C(=O)NC1CC1. The minimum absolute atomic E-state index is 0.0892. The standard InChI is InChI=1S/C11H20N2OS2/c1-4-13(5-2)11(15)16-8(3)10(14)12-9-6-7-9/h8-9H,4-7H2,1-3H3,(H,12,14). The number of thiocarbonyl (C=S) groups is 1. The van der Waals surface area contributed by atoms with Crippen LogP contribution in [0.4, 0.5) is 0 Å². The number of hydrogen-bond donors (Lipinski definition) is 1. The molecule has 1 aliphatic rings. The Morgan fingerprint density at radius 1 is 1.50 bits per heavy atom. The lowest BCUT2D eigenvalue weighted by Gasteiger charge is -2.22. The van der Waals surface area contributed by atoms with Crippen LogP contribution in [0.1, 0.15) is 33.6 Å². The smallest absolute Gasteiger partial charge is 0.233 e. The molecule has 1 unspecified atom stereocenters. The van der Waals surface area contributed by atoms with Crippen molar-refractivity contribution in [3.05, 3.63) is 0 Å². The summed E-state index contributed by atoms with van der Waals surface area (Å²) in [6.45, 7) is 7.87. The van der Waals surface area contributed by atoms with E-state index in [1.807, 2.05) is 6.92 Å². The summed E-state index contributed by atoms with van der Waals surface area (Å²) < 4.78 is 0.823. The van der Waals surface area contributed by atoms with Crippen molar-refractivity contribution < 1.29 is 4.79 Å². The highest BCUT2D eigenvalue weighted by molar-refractivity contribution is 8.23. The van der Waals surface area contributed by atoms with E-state index in [2.05, 4.69) is 24.1 Å². The van der Waals surface area contributed by atoms with E-state index in [-0.39, 0.29) is 11.2 Å². The zero-order valence-corrected chi connectivity index (χ0v) is 11.8. The largest absolute Gasteiger partial charge is 0.358 e. The number of hydrogen-bond acceptors (Lipinski definition) is 3. The first-order valence-corrected chi connectivity index (χ1v) is 7.13. The Bertz CT molecular complexity index is 263. The summed E-state index contributed by atoms with van der Waals surface area (Å²) in [5, 5.41) is 2.91. The van der Waals surface area contributed by atoms with E-state index in [1.54, 1.807) is 0 Å². The molecular weight excluding hydrogens is 240 g/mol. The molecule has 3 nitrogen and oxygen atoms in total. The highest BCUT2D eigenvalue weighted by atomic mass is 32.2. The second kappa shape index (κ2) is 6.45. The molecule has 0 bridgehead atoms. The predicted molar refractivity (Wildman–Crippen MR) is 73.7 cm³/mol. The Morgan fingerprint density at radius 2 is 2.06 bits per heavy atom. The molecule has 0 saturated heterocycles. The van der Waals surface area contributed by atoms with Gasteiger partial charge in [0.05, 0.1) is 5.25 Å². The average molecular weight is 260 g/mol. The minimum Gasteiger partial charge on any atom is -0.358 e. The van der Waals surface area contributed by atoms with Gasteiger partial charge in [-0.1, -0.05) is 24.0 Å². The zero-order chi connectivity index (χ0) is 12.1. The van der Waals surface area contributed by atoms with Gasteiger partial charge in [-0.2, -0.15) is 0 Å². The lowest BCUT2D eigenvalue weighted by molar-refractivity contribution is -0.120. The molecule has 0 radical (unpaired) electrons. The van der Waals surface area contributed by atoms with Crippen molar-refractivity contribution >= 4 is 34.2 Å². The second-order valence-electron chi connectivity index (χ2n) is 3.98. The first kappa shape index (κ1) is 13.8. The molecule has 1 saturated carbocycles. The number of thioether (sulfide) groups is 1. The maximum atomic E-state index is 11.7. The summed E-state index contributed by atoms with van der Waals surface area (Å²) in [7, 11) is 0. The highest BCUT2D eigenvalue weighted by Gasteiger charge is 2.26. The van der Waals surface area contributed by atoms with Gasteiger partial charge in [0.1, 0.15) is 4.32 Å². The van der Waals surface area contributed by atoms with Crippen LogP contribution in [0.3, 0.4) is 0 Å². The number of amides is 1. The van der Waals surface area contributed by atoms with E-state index in [4.69, 9.17) is 12.2 Å². The van der Waals surface area contributed by atoms with Gasteiger partial charge in [-0.15, -0.1) is 0 Å². The van der Waals surface area contributed by atoms with Crippen LogP contribution < -0.4 is 5.32 Å². The number of nitrogens with zero attached hydrogens (tertiary/aromatic N) is 1. The molecule has 5 heteroatoms. The fourth-order valence-corrected chi connectivity index (χ4v) is 2.88. The quantitative estimate of drug-likeness (QED) is 0.767. The molecule has 1 N–H and O–H groups in total. The summed E-state index contributed by atoms with van der Waals surface area (Å²) in [5.74, 6) is 0.113. The van der Waals surface area contributed by atoms with Gasteiger partial charge >= 0.3 is 0 Å². The number of rotatable bonds is 5. The van der Waals surface area contributed by atoms with Crippen LogP contribution in [-0.4, -0.2) is 39.5 Å². The first-order valence-electron chi connectivity index (χ1n) is 5.84. The van der Waals surface area contributed by atoms with E-state index in [1.165, 1.54) is 11.8 Å². The van der Waals surface area contributed by atoms with Crippen molar-refractivity contribution in [1.82, 2.24) is 10.2 Å². The molecule has 0 heterocycles. The van der Waals surface area contributed by atoms with Gasteiger partial charge in [0.2, 0.25) is 5.91 Å². The molecule has 92 valence electrons. The van der Waals surface area contributed by atoms with Crippen LogP contribution in [0.2, 0.25) is 0 Å². The summed E-state index contributed by atoms with van der Waals surface area (Å²) in [6, 6.07) is 0.428. The number of nitrogens with one attached hydrogen (secondary N) is 1. The molecule has 0 aromatic carbocycles. The second-order valence-corrected chi connectivity index (χ2v) is 5.96. The van der Waals surface area contributed by atoms with Crippen LogP contribution in [0, 0.1) is 0 Å². The molecule has 0 aromatic rings. The van der Waals surface area contributed by atoms with Gasteiger partial charge < -0.3 is 10.2 Å². The topological polar surface area (TPSA) is 32.3 Å². The van der Waals surface area contributed by atoms with Gasteiger partial charge in [0.15, 0.2) is 0 Å². The highest BCUT2D eigenvalue weighted by Crippen LogP contribution is 2.21. The summed E-state index contributed by atoms with van der Waals surface area (Å²) in [4.78, 5) is 13.8. The van der Waals surface area contributed by atoms with Crippen molar-refractivity contribution in [1.29, 1.82) is 0 Å². The van der Waals surface area contributed by atoms with Crippen molar-refractivity contribution in [3.63, 3.8) is 0 Å². The van der Waals surface area contributed by atoms with Crippen molar-refractivity contribution in [2.75, 3.05) is 13.1 Å². The first-order chi connectivity index (χ1) is 7.58. The third-order valence-electron chi connectivity index (χ3n) is 2.59. The molecule has 1 atom stereocenters. The Morgan fingerprint density at radius 3 is 2.50 bits per heavy atom. The minimum atomic E-state index is -0.0892. The fourth-order valence-electron chi connectivity index (χ4n) is 1.31. The lowest BCUT2D eigenvalue weighted by atomic mass is 10.4. The molecule has 1 amide bonds. The Kier molecular flexibility index (Phi) is 5.55. The van der Waals surface area contributed by atoms with Crippen LogP contribution in [0.5, 0.6) is 0 Å². The Labute approximate surface area is 107 Å². The normalized spacial score (nSPS) is 16.7. The molecule has 1 fully saturated rings. The van der Waals surface area contributed by atoms with E-state index in [0.29, 0.717) is 6.04 Å². The fraction of sp³-hybridized carbons (Fsp3) is 0.818. The van der Waals surface area contributed by atoms with Crippen LogP contribution in [0.15, 0.2) is 0 Å². The molecule has 0 aromatic heterocycles. The third-order valence-corrected chi connectivity index (χ3v) is 4.17. The maximum absolute atomic E-state index is 11.7. The number of carbonyl (C=O) groups excluding carboxylic acids is 1. The van der Waals surface area contributed by atoms with Crippen LogP contribution >= 0.6 is 24.0 Å². The van der Waals surface area contributed by atoms with E-state index >= 15 is 0 Å². The maximum Gasteiger partial charge on any atom is 0.233 e. The third kappa shape index (κ3) is 4.29. The van der Waals surface area contributed by atoms with Gasteiger partial charge in [0.25, 0.3) is 0 Å². The van der Waals surface area contributed by atoms with Gasteiger partial charge in [-0.25, -0.2) is 0 Å². The zero-order valence-electron chi connectivity index (χ0n) is 10.2. The van der Waals surface area contributed by atoms with Gasteiger partial charge in [0, 0.05) is 19.1 Å². The van der Waals surface area contributed by atoms with Gasteiger partial charge in [-0.05, 0) is 33.6 Å². The monoisotopic (exact) mass is 260 g/mol. The van der Waals surface area contributed by atoms with Crippen molar-refractivity contribution in [2.45, 2.75) is 44.9 Å². The molecule has 0 spiro atoms. The molecule has 16 heavy (non-hydrogen) atoms. The van der Waals surface area contributed by atoms with E-state index < -0.39 is 0 Å². The lowest BCUT2D eigenvalue weighted by Crippen LogP contribution is -2.35. The summed E-state index contributed by atoms with van der Waals surface area (Å²) in [6.07, 6.45) is 2.26. The summed E-state index contributed by atoms with van der Waals surface area (Å²) >= 11 is 6.79. The predicted octanol–water partition coefficient (Wildman–Crippen LogP) is 2.01. The van der Waals surface area contributed by atoms with Crippen molar-refractivity contribution in [3.8, 4) is 0 Å². The molecule has 1 rings (SSSR count). The van der Waals surface area contributed by atoms with E-state index in [9.17, 15) is 4.79 Å². The molecule has 0 aliphatic heterocycles. The van der Waals surface area contributed by atoms with Crippen LogP contribution in [-0.2, 0) is 4.79 Å². The molecular formula is C11H20N2OS2. The van der Waals surface area contributed by atoms with Crippen molar-refractivity contribution in [2.24, 2.45) is 0 Å². The van der Waals surface area contributed by atoms with Gasteiger partial charge in [-0.3, -0.25) is 4.79 Å². The summed E-state index contributed by atoms with van der Waals surface area (Å²) in [5.41, 5.74) is 0. The average Bonchev–Trinajstić information content (AvgIpc) is 3.03. The Balaban J connectivity index is 2.33. The van der Waals surface area contributed by atoms with E-state index in [0.717, 1.165) is 30.3 Å². The molecule has 1 aliphatic carbocycles.